The first kappa shape index (κ1) is 13.2. The van der Waals surface area contributed by atoms with E-state index < -0.39 is 0 Å². The summed E-state index contributed by atoms with van der Waals surface area (Å²) in [6.45, 7) is 4.22. The molecule has 1 fully saturated rings. The molecule has 18 heavy (non-hydrogen) atoms. The summed E-state index contributed by atoms with van der Waals surface area (Å²) in [5.74, 6) is 0. The monoisotopic (exact) mass is 247 g/mol. The first-order chi connectivity index (χ1) is 8.90. The summed E-state index contributed by atoms with van der Waals surface area (Å²) >= 11 is 0. The molecule has 0 atom stereocenters. The van der Waals surface area contributed by atoms with Crippen LogP contribution in [0, 0.1) is 0 Å². The molecule has 1 saturated heterocycles. The molecule has 0 saturated carbocycles. The van der Waals surface area contributed by atoms with Crippen LogP contribution >= 0.6 is 0 Å². The Morgan fingerprint density at radius 1 is 1.00 bits per heavy atom. The smallest absolute Gasteiger partial charge is 0.0367 e. The first-order valence-electron chi connectivity index (χ1n) is 7.19. The zero-order valence-electron chi connectivity index (χ0n) is 11.2. The minimum atomic E-state index is 0.787. The number of piperidine rings is 1. The van der Waals surface area contributed by atoms with Crippen molar-refractivity contribution >= 4 is 11.4 Å². The average Bonchev–Trinajstić information content (AvgIpc) is 2.45. The average molecular weight is 247 g/mol. The Bertz CT molecular complexity index is 328. The quantitative estimate of drug-likeness (QED) is 0.760. The molecule has 0 aromatic heterocycles. The number of unbranched alkanes of at least 4 members (excludes halogenated alkanes) is 1. The van der Waals surface area contributed by atoms with E-state index in [1.165, 1.54) is 43.7 Å². The van der Waals surface area contributed by atoms with Crippen molar-refractivity contribution < 1.29 is 0 Å². The van der Waals surface area contributed by atoms with E-state index in [1.807, 2.05) is 0 Å². The lowest BCUT2D eigenvalue weighted by Gasteiger charge is -2.28. The molecule has 0 radical (unpaired) electrons. The van der Waals surface area contributed by atoms with Gasteiger partial charge in [0.25, 0.3) is 0 Å². The highest BCUT2D eigenvalue weighted by Crippen LogP contribution is 2.21. The SMILES string of the molecule is NCCCCNc1ccc(N2CCCCC2)cc1. The Hall–Kier alpha value is -1.22. The van der Waals surface area contributed by atoms with E-state index in [4.69, 9.17) is 5.73 Å². The third-order valence-corrected chi connectivity index (χ3v) is 3.55. The van der Waals surface area contributed by atoms with Gasteiger partial charge in [0.1, 0.15) is 0 Å². The summed E-state index contributed by atoms with van der Waals surface area (Å²) in [5, 5.41) is 3.44. The van der Waals surface area contributed by atoms with Gasteiger partial charge in [-0.15, -0.1) is 0 Å². The molecule has 0 spiro atoms. The Labute approximate surface area is 110 Å². The fourth-order valence-corrected chi connectivity index (χ4v) is 2.44. The summed E-state index contributed by atoms with van der Waals surface area (Å²) in [4.78, 5) is 2.49. The van der Waals surface area contributed by atoms with E-state index in [0.717, 1.165) is 25.9 Å². The lowest BCUT2D eigenvalue weighted by molar-refractivity contribution is 0.578. The van der Waals surface area contributed by atoms with Crippen LogP contribution in [0.4, 0.5) is 11.4 Å². The maximum absolute atomic E-state index is 5.48. The highest BCUT2D eigenvalue weighted by Gasteiger charge is 2.10. The summed E-state index contributed by atoms with van der Waals surface area (Å²) < 4.78 is 0. The number of rotatable bonds is 6. The van der Waals surface area contributed by atoms with Gasteiger partial charge in [-0.3, -0.25) is 0 Å². The van der Waals surface area contributed by atoms with Crippen LogP contribution in [0.3, 0.4) is 0 Å². The molecule has 100 valence electrons. The Balaban J connectivity index is 1.81. The predicted molar refractivity (Wildman–Crippen MR) is 79.3 cm³/mol. The van der Waals surface area contributed by atoms with Gasteiger partial charge in [0, 0.05) is 31.0 Å². The fraction of sp³-hybridized carbons (Fsp3) is 0.600. The largest absolute Gasteiger partial charge is 0.385 e. The van der Waals surface area contributed by atoms with Gasteiger partial charge >= 0.3 is 0 Å². The Morgan fingerprint density at radius 3 is 2.39 bits per heavy atom. The molecule has 1 heterocycles. The molecule has 3 nitrogen and oxygen atoms in total. The topological polar surface area (TPSA) is 41.3 Å². The number of nitrogens with zero attached hydrogens (tertiary/aromatic N) is 1. The maximum atomic E-state index is 5.48. The third kappa shape index (κ3) is 3.91. The molecule has 3 heteroatoms. The Kier molecular flexibility index (Phi) is 5.34. The lowest BCUT2D eigenvalue weighted by atomic mass is 10.1. The van der Waals surface area contributed by atoms with Gasteiger partial charge in [-0.05, 0) is 62.9 Å². The molecular formula is C15H25N3. The van der Waals surface area contributed by atoms with Crippen molar-refractivity contribution in [1.82, 2.24) is 0 Å². The minimum Gasteiger partial charge on any atom is -0.385 e. The van der Waals surface area contributed by atoms with Crippen molar-refractivity contribution in [1.29, 1.82) is 0 Å². The molecule has 1 aliphatic heterocycles. The standard InChI is InChI=1S/C15H25N3/c16-10-2-3-11-17-14-6-8-15(9-7-14)18-12-4-1-5-13-18/h6-9,17H,1-5,10-13,16H2. The molecule has 1 aromatic carbocycles. The van der Waals surface area contributed by atoms with Crippen molar-refractivity contribution in [3.05, 3.63) is 24.3 Å². The first-order valence-corrected chi connectivity index (χ1v) is 7.19. The molecule has 0 aliphatic carbocycles. The molecule has 2 rings (SSSR count). The van der Waals surface area contributed by atoms with E-state index in [0.29, 0.717) is 0 Å². The second-order valence-corrected chi connectivity index (χ2v) is 5.02. The number of anilines is 2. The van der Waals surface area contributed by atoms with Crippen molar-refractivity contribution in [2.45, 2.75) is 32.1 Å². The van der Waals surface area contributed by atoms with Crippen LogP contribution in [0.1, 0.15) is 32.1 Å². The van der Waals surface area contributed by atoms with Crippen molar-refractivity contribution in [3.63, 3.8) is 0 Å². The van der Waals surface area contributed by atoms with Gasteiger partial charge in [-0.2, -0.15) is 0 Å². The molecule has 3 N–H and O–H groups in total. The summed E-state index contributed by atoms with van der Waals surface area (Å²) in [5.41, 5.74) is 8.06. The number of benzene rings is 1. The molecule has 1 aromatic rings. The fourth-order valence-electron chi connectivity index (χ4n) is 2.44. The molecule has 1 aliphatic rings. The second-order valence-electron chi connectivity index (χ2n) is 5.02. The van der Waals surface area contributed by atoms with Crippen LogP contribution in [-0.2, 0) is 0 Å². The number of hydrogen-bond donors (Lipinski definition) is 2. The van der Waals surface area contributed by atoms with Gasteiger partial charge < -0.3 is 16.0 Å². The van der Waals surface area contributed by atoms with Crippen molar-refractivity contribution in [2.75, 3.05) is 36.4 Å². The van der Waals surface area contributed by atoms with E-state index >= 15 is 0 Å². The van der Waals surface area contributed by atoms with Gasteiger partial charge in [0.05, 0.1) is 0 Å². The van der Waals surface area contributed by atoms with Gasteiger partial charge in [0.2, 0.25) is 0 Å². The molecule has 0 unspecified atom stereocenters. The number of nitrogens with one attached hydrogen (secondary N) is 1. The van der Waals surface area contributed by atoms with E-state index in [2.05, 4.69) is 34.5 Å². The highest BCUT2D eigenvalue weighted by molar-refractivity contribution is 5.55. The highest BCUT2D eigenvalue weighted by atomic mass is 15.1. The molecular weight excluding hydrogens is 222 g/mol. The van der Waals surface area contributed by atoms with Crippen LogP contribution in [0.2, 0.25) is 0 Å². The number of hydrogen-bond acceptors (Lipinski definition) is 3. The van der Waals surface area contributed by atoms with Gasteiger partial charge in [-0.25, -0.2) is 0 Å². The Morgan fingerprint density at radius 2 is 1.72 bits per heavy atom. The van der Waals surface area contributed by atoms with E-state index in [9.17, 15) is 0 Å². The third-order valence-electron chi connectivity index (χ3n) is 3.55. The summed E-state index contributed by atoms with van der Waals surface area (Å²) in [6.07, 6.45) is 6.29. The molecule has 0 amide bonds. The van der Waals surface area contributed by atoms with Crippen molar-refractivity contribution in [2.24, 2.45) is 5.73 Å². The van der Waals surface area contributed by atoms with Crippen LogP contribution in [0.15, 0.2) is 24.3 Å². The van der Waals surface area contributed by atoms with Crippen molar-refractivity contribution in [3.8, 4) is 0 Å². The van der Waals surface area contributed by atoms with Gasteiger partial charge in [0.15, 0.2) is 0 Å². The minimum absolute atomic E-state index is 0.787. The second kappa shape index (κ2) is 7.27. The van der Waals surface area contributed by atoms with E-state index in [-0.39, 0.29) is 0 Å². The zero-order chi connectivity index (χ0) is 12.6. The number of nitrogens with two attached hydrogens (primary N) is 1. The zero-order valence-corrected chi connectivity index (χ0v) is 11.2. The van der Waals surface area contributed by atoms with Crippen LogP contribution in [0.25, 0.3) is 0 Å². The normalized spacial score (nSPS) is 15.7. The lowest BCUT2D eigenvalue weighted by Crippen LogP contribution is -2.29. The summed E-state index contributed by atoms with van der Waals surface area (Å²) in [7, 11) is 0. The van der Waals surface area contributed by atoms with E-state index in [1.54, 1.807) is 0 Å². The molecule has 0 bridgehead atoms. The maximum Gasteiger partial charge on any atom is 0.0367 e. The van der Waals surface area contributed by atoms with Crippen LogP contribution in [-0.4, -0.2) is 26.2 Å². The van der Waals surface area contributed by atoms with Gasteiger partial charge in [-0.1, -0.05) is 0 Å². The predicted octanol–water partition coefficient (Wildman–Crippen LogP) is 2.83. The van der Waals surface area contributed by atoms with Crippen LogP contribution in [0.5, 0.6) is 0 Å². The summed E-state index contributed by atoms with van der Waals surface area (Å²) in [6, 6.07) is 8.84. The van der Waals surface area contributed by atoms with Crippen LogP contribution < -0.4 is 16.0 Å².